The summed E-state index contributed by atoms with van der Waals surface area (Å²) in [5.74, 6) is 0. The van der Waals surface area contributed by atoms with Gasteiger partial charge in [0.2, 0.25) is 5.69 Å². The Bertz CT molecular complexity index is 473. The van der Waals surface area contributed by atoms with E-state index in [-0.39, 0.29) is 15.6 Å². The predicted octanol–water partition coefficient (Wildman–Crippen LogP) is 2.29. The first kappa shape index (κ1) is 10.0. The Morgan fingerprint density at radius 3 is 2.54 bits per heavy atom. The number of hydrogen-bond acceptors (Lipinski definition) is 2. The van der Waals surface area contributed by atoms with Gasteiger partial charge in [0.25, 0.3) is 0 Å². The third-order valence-electron chi connectivity index (χ3n) is 1.47. The Kier molecular flexibility index (Phi) is 2.60. The molecule has 0 aliphatic carbocycles. The largest absolute Gasteiger partial charge is 0.237 e. The summed E-state index contributed by atoms with van der Waals surface area (Å²) in [4.78, 5) is 3.21. The molecule has 13 heavy (non-hydrogen) atoms. The highest BCUT2D eigenvalue weighted by Gasteiger charge is 2.09. The lowest BCUT2D eigenvalue weighted by Crippen LogP contribution is -1.95. The summed E-state index contributed by atoms with van der Waals surface area (Å²) in [6.45, 7) is 6.73. The number of hydrogen-bond donors (Lipinski definition) is 0. The maximum atomic E-state index is 11.1. The maximum Gasteiger partial charge on any atom is 0.206 e. The fourth-order valence-electron chi connectivity index (χ4n) is 0.809. The van der Waals surface area contributed by atoms with Gasteiger partial charge in [0, 0.05) is 11.3 Å². The minimum atomic E-state index is -3.25. The van der Waals surface area contributed by atoms with Crippen LogP contribution in [0.25, 0.3) is 4.85 Å². The molecule has 1 aromatic carbocycles. The van der Waals surface area contributed by atoms with Gasteiger partial charge >= 0.3 is 0 Å². The van der Waals surface area contributed by atoms with Gasteiger partial charge in [0.1, 0.15) is 0 Å². The van der Waals surface area contributed by atoms with Crippen molar-refractivity contribution in [2.45, 2.75) is 4.90 Å². The van der Waals surface area contributed by atoms with Crippen molar-refractivity contribution < 1.29 is 8.42 Å². The van der Waals surface area contributed by atoms with E-state index in [9.17, 15) is 8.42 Å². The van der Waals surface area contributed by atoms with Gasteiger partial charge in [0.05, 0.1) is 11.5 Å². The summed E-state index contributed by atoms with van der Waals surface area (Å²) in [6.07, 6.45) is 1.09. The van der Waals surface area contributed by atoms with Gasteiger partial charge in [-0.25, -0.2) is 13.3 Å². The molecule has 1 aromatic rings. The first-order chi connectivity index (χ1) is 5.95. The number of rotatable bonds is 1. The van der Waals surface area contributed by atoms with Crippen LogP contribution < -0.4 is 0 Å². The Balaban J connectivity index is 3.41. The monoisotopic (exact) mass is 215 g/mol. The van der Waals surface area contributed by atoms with Gasteiger partial charge < -0.3 is 0 Å². The molecule has 3 nitrogen and oxygen atoms in total. The molecule has 0 fully saturated rings. The van der Waals surface area contributed by atoms with E-state index in [4.69, 9.17) is 18.2 Å². The first-order valence-electron chi connectivity index (χ1n) is 3.32. The van der Waals surface area contributed by atoms with Crippen LogP contribution >= 0.6 is 11.6 Å². The van der Waals surface area contributed by atoms with E-state index in [1.165, 1.54) is 18.2 Å². The van der Waals surface area contributed by atoms with E-state index >= 15 is 0 Å². The molecule has 0 radical (unpaired) electrons. The van der Waals surface area contributed by atoms with Crippen LogP contribution in [0.15, 0.2) is 23.1 Å². The SMILES string of the molecule is [C-]#[N+]c1cc(S(C)(=O)=O)ccc1Cl. The van der Waals surface area contributed by atoms with Gasteiger partial charge in [-0.15, -0.1) is 0 Å². The molecule has 5 heteroatoms. The molecule has 0 aliphatic heterocycles. The van der Waals surface area contributed by atoms with Crippen molar-refractivity contribution in [3.8, 4) is 0 Å². The zero-order valence-corrected chi connectivity index (χ0v) is 8.35. The lowest BCUT2D eigenvalue weighted by Gasteiger charge is -1.99. The minimum absolute atomic E-state index is 0.114. The van der Waals surface area contributed by atoms with Gasteiger partial charge in [-0.2, -0.15) is 0 Å². The second-order valence-corrected chi connectivity index (χ2v) is 4.92. The average Bonchev–Trinajstić information content (AvgIpc) is 2.03. The zero-order valence-electron chi connectivity index (χ0n) is 6.78. The van der Waals surface area contributed by atoms with Crippen molar-refractivity contribution in [1.29, 1.82) is 0 Å². The van der Waals surface area contributed by atoms with E-state index < -0.39 is 9.84 Å². The van der Waals surface area contributed by atoms with Crippen molar-refractivity contribution in [2.24, 2.45) is 0 Å². The van der Waals surface area contributed by atoms with E-state index in [0.29, 0.717) is 0 Å². The van der Waals surface area contributed by atoms with Crippen molar-refractivity contribution in [3.63, 3.8) is 0 Å². The van der Waals surface area contributed by atoms with Crippen LogP contribution in [0.3, 0.4) is 0 Å². The molecular weight excluding hydrogens is 210 g/mol. The third-order valence-corrected chi connectivity index (χ3v) is 2.90. The van der Waals surface area contributed by atoms with Crippen LogP contribution in [0.5, 0.6) is 0 Å². The Morgan fingerprint density at radius 2 is 2.08 bits per heavy atom. The second-order valence-electron chi connectivity index (χ2n) is 2.50. The summed E-state index contributed by atoms with van der Waals surface area (Å²) >= 11 is 5.64. The van der Waals surface area contributed by atoms with Gasteiger partial charge in [-0.1, -0.05) is 17.7 Å². The second kappa shape index (κ2) is 3.36. The van der Waals surface area contributed by atoms with Gasteiger partial charge in [0.15, 0.2) is 9.84 Å². The number of benzene rings is 1. The average molecular weight is 216 g/mol. The molecule has 0 atom stereocenters. The maximum absolute atomic E-state index is 11.1. The third kappa shape index (κ3) is 2.20. The predicted molar refractivity (Wildman–Crippen MR) is 50.8 cm³/mol. The molecule has 68 valence electrons. The van der Waals surface area contributed by atoms with Crippen molar-refractivity contribution in [2.75, 3.05) is 6.26 Å². The molecule has 0 heterocycles. The summed E-state index contributed by atoms with van der Waals surface area (Å²) in [5, 5.41) is 0.266. The van der Waals surface area contributed by atoms with E-state index in [1.54, 1.807) is 0 Å². The van der Waals surface area contributed by atoms with E-state index in [0.717, 1.165) is 6.26 Å². The van der Waals surface area contributed by atoms with Gasteiger partial charge in [-0.3, -0.25) is 0 Å². The molecule has 0 saturated carbocycles. The van der Waals surface area contributed by atoms with Crippen LogP contribution in [0.2, 0.25) is 5.02 Å². The lowest BCUT2D eigenvalue weighted by atomic mass is 10.3. The molecule has 0 aromatic heterocycles. The molecule has 0 saturated heterocycles. The van der Waals surface area contributed by atoms with Crippen molar-refractivity contribution in [3.05, 3.63) is 34.6 Å². The Morgan fingerprint density at radius 1 is 1.46 bits per heavy atom. The van der Waals surface area contributed by atoms with E-state index in [1.807, 2.05) is 0 Å². The normalized spacial score (nSPS) is 10.8. The summed E-state index contributed by atoms with van der Waals surface area (Å²) < 4.78 is 22.1. The number of halogens is 1. The molecule has 0 aliphatic rings. The summed E-state index contributed by atoms with van der Waals surface area (Å²) in [6, 6.07) is 4.06. The molecule has 0 amide bonds. The smallest absolute Gasteiger partial charge is 0.206 e. The minimum Gasteiger partial charge on any atom is -0.237 e. The molecule has 0 bridgehead atoms. The number of sulfone groups is 1. The van der Waals surface area contributed by atoms with Crippen LogP contribution in [-0.2, 0) is 9.84 Å². The van der Waals surface area contributed by atoms with Crippen LogP contribution in [0.1, 0.15) is 0 Å². The highest BCUT2D eigenvalue weighted by Crippen LogP contribution is 2.27. The molecule has 0 spiro atoms. The quantitative estimate of drug-likeness (QED) is 0.675. The fourth-order valence-corrected chi connectivity index (χ4v) is 1.61. The summed E-state index contributed by atoms with van der Waals surface area (Å²) in [7, 11) is -3.25. The highest BCUT2D eigenvalue weighted by molar-refractivity contribution is 7.90. The highest BCUT2D eigenvalue weighted by atomic mass is 35.5. The molecule has 0 unspecified atom stereocenters. The van der Waals surface area contributed by atoms with Crippen LogP contribution in [0.4, 0.5) is 5.69 Å². The molecule has 0 N–H and O–H groups in total. The standard InChI is InChI=1S/C8H6ClNO2S/c1-10-8-5-6(13(2,11)12)3-4-7(8)9/h3-5H,2H3. The van der Waals surface area contributed by atoms with E-state index in [2.05, 4.69) is 4.85 Å². The first-order valence-corrected chi connectivity index (χ1v) is 5.59. The number of nitrogens with zero attached hydrogens (tertiary/aromatic N) is 1. The topological polar surface area (TPSA) is 38.5 Å². The van der Waals surface area contributed by atoms with Crippen molar-refractivity contribution in [1.82, 2.24) is 0 Å². The van der Waals surface area contributed by atoms with Crippen LogP contribution in [0, 0.1) is 6.57 Å². The van der Waals surface area contributed by atoms with Crippen LogP contribution in [-0.4, -0.2) is 14.7 Å². The fraction of sp³-hybridized carbons (Fsp3) is 0.125. The molecule has 1 rings (SSSR count). The summed E-state index contributed by atoms with van der Waals surface area (Å²) in [5.41, 5.74) is 0.157. The van der Waals surface area contributed by atoms with Gasteiger partial charge in [-0.05, 0) is 12.1 Å². The lowest BCUT2D eigenvalue weighted by molar-refractivity contribution is 0.602. The Labute approximate surface area is 81.7 Å². The van der Waals surface area contributed by atoms with Crippen molar-refractivity contribution >= 4 is 27.1 Å². The zero-order chi connectivity index (χ0) is 10.1. The molecular formula is C8H6ClNO2S. The Hall–Kier alpha value is -1.05.